The fraction of sp³-hybridized carbons (Fsp3) is 0.318. The summed E-state index contributed by atoms with van der Waals surface area (Å²) in [4.78, 5) is 11.2. The summed E-state index contributed by atoms with van der Waals surface area (Å²) in [6.45, 7) is 12.2. The minimum atomic E-state index is -0.487. The van der Waals surface area contributed by atoms with Gasteiger partial charge >= 0.3 is 0 Å². The topological polar surface area (TPSA) is 103 Å². The minimum absolute atomic E-state index is 0.0751. The Kier molecular flexibility index (Phi) is 11.0. The third-order valence-corrected chi connectivity index (χ3v) is 5.77. The Morgan fingerprint density at radius 2 is 2.12 bits per heavy atom. The van der Waals surface area contributed by atoms with Crippen LogP contribution in [0.1, 0.15) is 30.8 Å². The smallest absolute Gasteiger partial charge is 0.195 e. The molecule has 0 radical (unpaired) electrons. The van der Waals surface area contributed by atoms with Gasteiger partial charge in [0.15, 0.2) is 17.3 Å². The molecule has 0 bridgehead atoms. The maximum atomic E-state index is 14.0. The molecule has 1 aliphatic rings. The Labute approximate surface area is 203 Å². The van der Waals surface area contributed by atoms with E-state index in [1.165, 1.54) is 16.8 Å². The summed E-state index contributed by atoms with van der Waals surface area (Å²) in [5.41, 5.74) is 12.4. The first-order valence-corrected chi connectivity index (χ1v) is 11.6. The summed E-state index contributed by atoms with van der Waals surface area (Å²) in [6, 6.07) is 4.14. The molecule has 2 aromatic rings. The highest BCUT2D eigenvalue weighted by atomic mass is 35.5. The van der Waals surface area contributed by atoms with Crippen LogP contribution in [0.25, 0.3) is 10.6 Å². The maximum absolute atomic E-state index is 14.0. The first-order chi connectivity index (χ1) is 15.9. The number of hydrazone groups is 1. The number of nitrogen functional groups attached to an aromatic ring is 1. The quantitative estimate of drug-likeness (QED) is 0.292. The van der Waals surface area contributed by atoms with Crippen LogP contribution in [-0.2, 0) is 6.42 Å². The van der Waals surface area contributed by atoms with Crippen molar-refractivity contribution >= 4 is 34.6 Å². The molecule has 5 N–H and O–H groups in total. The molecule has 3 rings (SSSR count). The lowest BCUT2D eigenvalue weighted by Crippen LogP contribution is -2.42. The van der Waals surface area contributed by atoms with Gasteiger partial charge in [0, 0.05) is 9.91 Å². The van der Waals surface area contributed by atoms with E-state index in [1.807, 2.05) is 6.07 Å². The number of hydrogen-bond donors (Lipinski definition) is 4. The predicted molar refractivity (Wildman–Crippen MR) is 136 cm³/mol. The van der Waals surface area contributed by atoms with Crippen LogP contribution in [0.5, 0.6) is 0 Å². The Morgan fingerprint density at radius 1 is 1.36 bits per heavy atom. The number of hydrogen-bond acceptors (Lipinski definition) is 9. The van der Waals surface area contributed by atoms with Crippen molar-refractivity contribution in [3.63, 3.8) is 0 Å². The SMILES string of the molecule is C=CC=C.CCNCCCc1ccc(-c2cnc(N)c(C3=NNNN3C/C(F)=C(\C)Cl)n2)s1. The van der Waals surface area contributed by atoms with E-state index in [4.69, 9.17) is 17.3 Å². The van der Waals surface area contributed by atoms with Gasteiger partial charge in [-0.2, -0.15) is 0 Å². The van der Waals surface area contributed by atoms with E-state index >= 15 is 0 Å². The number of amidine groups is 1. The molecule has 0 atom stereocenters. The Morgan fingerprint density at radius 3 is 2.79 bits per heavy atom. The highest BCUT2D eigenvalue weighted by Crippen LogP contribution is 2.28. The van der Waals surface area contributed by atoms with Crippen LogP contribution < -0.4 is 22.1 Å². The zero-order chi connectivity index (χ0) is 24.2. The molecule has 0 fully saturated rings. The van der Waals surface area contributed by atoms with E-state index in [1.54, 1.807) is 29.7 Å². The highest BCUT2D eigenvalue weighted by molar-refractivity contribution is 7.15. The number of allylic oxidation sites excluding steroid dienone is 3. The summed E-state index contributed by atoms with van der Waals surface area (Å²) in [5, 5.41) is 8.96. The summed E-state index contributed by atoms with van der Waals surface area (Å²) in [5.74, 6) is 0.0588. The Hall–Kier alpha value is -2.79. The fourth-order valence-corrected chi connectivity index (χ4v) is 3.75. The van der Waals surface area contributed by atoms with Crippen LogP contribution in [0.4, 0.5) is 10.2 Å². The van der Waals surface area contributed by atoms with Gasteiger partial charge in [0.1, 0.15) is 5.83 Å². The number of rotatable bonds is 10. The van der Waals surface area contributed by atoms with Crippen molar-refractivity contribution in [1.29, 1.82) is 0 Å². The molecule has 3 heterocycles. The first kappa shape index (κ1) is 26.5. The molecule has 1 aliphatic heterocycles. The largest absolute Gasteiger partial charge is 0.382 e. The average molecular weight is 493 g/mol. The summed E-state index contributed by atoms with van der Waals surface area (Å²) in [7, 11) is 0. The van der Waals surface area contributed by atoms with Gasteiger partial charge in [-0.1, -0.05) is 43.8 Å². The molecule has 8 nitrogen and oxygen atoms in total. The Bertz CT molecular complexity index is 994. The third kappa shape index (κ3) is 7.93. The molecule has 0 saturated carbocycles. The number of halogens is 2. The molecule has 33 heavy (non-hydrogen) atoms. The average Bonchev–Trinajstić information content (AvgIpc) is 3.47. The van der Waals surface area contributed by atoms with E-state index in [0.29, 0.717) is 17.2 Å². The van der Waals surface area contributed by atoms with Gasteiger partial charge in [-0.3, -0.25) is 5.01 Å². The zero-order valence-corrected chi connectivity index (χ0v) is 20.4. The molecule has 11 heteroatoms. The number of hydrazine groups is 2. The van der Waals surface area contributed by atoms with E-state index in [0.717, 1.165) is 30.8 Å². The van der Waals surface area contributed by atoms with E-state index in [2.05, 4.69) is 57.6 Å². The summed E-state index contributed by atoms with van der Waals surface area (Å²) < 4.78 is 14.0. The van der Waals surface area contributed by atoms with Gasteiger partial charge in [0.05, 0.1) is 23.3 Å². The van der Waals surface area contributed by atoms with Gasteiger partial charge in [-0.05, 0) is 45.0 Å². The van der Waals surface area contributed by atoms with Crippen LogP contribution in [-0.4, -0.2) is 40.4 Å². The second-order valence-electron chi connectivity index (χ2n) is 6.87. The van der Waals surface area contributed by atoms with Crippen LogP contribution in [0.2, 0.25) is 0 Å². The number of aromatic nitrogens is 2. The van der Waals surface area contributed by atoms with Gasteiger partial charge < -0.3 is 11.1 Å². The van der Waals surface area contributed by atoms with Crippen LogP contribution in [0.3, 0.4) is 0 Å². The molecule has 0 aliphatic carbocycles. The first-order valence-electron chi connectivity index (χ1n) is 10.4. The number of nitrogens with two attached hydrogens (primary N) is 1. The van der Waals surface area contributed by atoms with E-state index in [-0.39, 0.29) is 17.4 Å². The van der Waals surface area contributed by atoms with Crippen LogP contribution >= 0.6 is 22.9 Å². The molecule has 178 valence electrons. The molecule has 0 aromatic carbocycles. The van der Waals surface area contributed by atoms with Crippen molar-refractivity contribution in [2.45, 2.75) is 26.7 Å². The van der Waals surface area contributed by atoms with Crippen molar-refractivity contribution in [3.05, 3.63) is 65.1 Å². The van der Waals surface area contributed by atoms with E-state index in [9.17, 15) is 4.39 Å². The molecule has 0 spiro atoms. The minimum Gasteiger partial charge on any atom is -0.382 e. The molecule has 2 aromatic heterocycles. The fourth-order valence-electron chi connectivity index (χ4n) is 2.69. The van der Waals surface area contributed by atoms with Crippen molar-refractivity contribution in [2.75, 3.05) is 25.4 Å². The molecular weight excluding hydrogens is 463 g/mol. The zero-order valence-electron chi connectivity index (χ0n) is 18.9. The van der Waals surface area contributed by atoms with Crippen molar-refractivity contribution < 1.29 is 4.39 Å². The number of anilines is 1. The van der Waals surface area contributed by atoms with Gasteiger partial charge in [-0.25, -0.2) is 19.9 Å². The molecule has 0 saturated heterocycles. The molecule has 0 unspecified atom stereocenters. The lowest BCUT2D eigenvalue weighted by atomic mass is 10.2. The lowest BCUT2D eigenvalue weighted by Gasteiger charge is -2.18. The third-order valence-electron chi connectivity index (χ3n) is 4.39. The van der Waals surface area contributed by atoms with Gasteiger partial charge in [-0.15, -0.1) is 22.0 Å². The molecule has 0 amide bonds. The van der Waals surface area contributed by atoms with Gasteiger partial charge in [0.25, 0.3) is 0 Å². The Balaban J connectivity index is 0.000000890. The number of nitrogens with zero attached hydrogens (tertiary/aromatic N) is 4. The number of nitrogens with one attached hydrogen (secondary N) is 3. The summed E-state index contributed by atoms with van der Waals surface area (Å²) >= 11 is 7.40. The van der Waals surface area contributed by atoms with E-state index < -0.39 is 5.83 Å². The predicted octanol–water partition coefficient (Wildman–Crippen LogP) is 4.11. The monoisotopic (exact) mass is 492 g/mol. The van der Waals surface area contributed by atoms with Crippen molar-refractivity contribution in [1.82, 2.24) is 31.4 Å². The van der Waals surface area contributed by atoms with Crippen LogP contribution in [0, 0.1) is 0 Å². The highest BCUT2D eigenvalue weighted by Gasteiger charge is 2.25. The second kappa shape index (κ2) is 13.7. The van der Waals surface area contributed by atoms with Crippen molar-refractivity contribution in [2.24, 2.45) is 5.10 Å². The summed E-state index contributed by atoms with van der Waals surface area (Å²) in [6.07, 6.45) is 7.00. The standard InChI is InChI=1S/C18H24ClFN8S.C4H6/c1-3-22-8-4-5-12-6-7-15(29-12)14-9-23-17(21)16(24-14)18-25-26-27-28(18)10-13(20)11(2)19;1-3-4-2/h6-7,9,22,26-27H,3-5,8,10H2,1-2H3,(H2,21,23);3-4H,1-2H2/b13-11-;. The van der Waals surface area contributed by atoms with Gasteiger partial charge in [0.2, 0.25) is 0 Å². The van der Waals surface area contributed by atoms with Crippen molar-refractivity contribution in [3.8, 4) is 10.6 Å². The maximum Gasteiger partial charge on any atom is 0.195 e. The second-order valence-corrected chi connectivity index (χ2v) is 8.60. The van der Waals surface area contributed by atoms with Crippen LogP contribution in [0.15, 0.2) is 59.6 Å². The number of thiophene rings is 1. The molecular formula is C22H30ClFN8S. The normalized spacial score (nSPS) is 13.5. The number of aryl methyl sites for hydroxylation is 1. The lowest BCUT2D eigenvalue weighted by molar-refractivity contribution is 0.296.